The molecule has 23 heavy (non-hydrogen) atoms. The number of carboxylic acid groups (broad SMARTS) is 1. The predicted molar refractivity (Wildman–Crippen MR) is 87.4 cm³/mol. The highest BCUT2D eigenvalue weighted by Gasteiger charge is 2.25. The first-order chi connectivity index (χ1) is 11.1. The Morgan fingerprint density at radius 2 is 2.09 bits per heavy atom. The summed E-state index contributed by atoms with van der Waals surface area (Å²) in [4.78, 5) is 23.9. The third-order valence-electron chi connectivity index (χ3n) is 3.88. The van der Waals surface area contributed by atoms with Gasteiger partial charge in [-0.25, -0.2) is 4.79 Å². The number of rotatable bonds is 4. The van der Waals surface area contributed by atoms with Crippen LogP contribution in [0.1, 0.15) is 49.9 Å². The molecule has 3 rings (SSSR count). The number of aromatic carboxylic acids is 1. The number of nitrogens with one attached hydrogen (secondary N) is 1. The van der Waals surface area contributed by atoms with Crippen LogP contribution in [0, 0.1) is 0 Å². The summed E-state index contributed by atoms with van der Waals surface area (Å²) >= 11 is 0.984. The van der Waals surface area contributed by atoms with E-state index in [1.165, 1.54) is 6.07 Å². The zero-order chi connectivity index (χ0) is 16.4. The van der Waals surface area contributed by atoms with Gasteiger partial charge in [-0.1, -0.05) is 25.1 Å². The van der Waals surface area contributed by atoms with Crippen molar-refractivity contribution in [2.45, 2.75) is 25.8 Å². The number of carbonyl (C=O) groups excluding carboxylic acids is 1. The number of aryl methyl sites for hydroxylation is 1. The first-order valence-corrected chi connectivity index (χ1v) is 8.30. The van der Waals surface area contributed by atoms with Crippen LogP contribution in [0.15, 0.2) is 30.3 Å². The van der Waals surface area contributed by atoms with Gasteiger partial charge in [-0.2, -0.15) is 0 Å². The van der Waals surface area contributed by atoms with Crippen LogP contribution < -0.4 is 10.1 Å². The molecule has 1 unspecified atom stereocenters. The zero-order valence-electron chi connectivity index (χ0n) is 12.7. The van der Waals surface area contributed by atoms with E-state index >= 15 is 0 Å². The number of benzene rings is 1. The maximum absolute atomic E-state index is 12.4. The molecule has 1 amide bonds. The molecular formula is C17H17NO4S. The van der Waals surface area contributed by atoms with Gasteiger partial charge in [0.05, 0.1) is 17.5 Å². The molecule has 120 valence electrons. The third kappa shape index (κ3) is 3.07. The minimum Gasteiger partial charge on any atom is -0.493 e. The molecule has 0 saturated carbocycles. The first kappa shape index (κ1) is 15.6. The summed E-state index contributed by atoms with van der Waals surface area (Å²) in [6.07, 6.45) is 1.57. The van der Waals surface area contributed by atoms with Gasteiger partial charge < -0.3 is 15.2 Å². The van der Waals surface area contributed by atoms with Crippen molar-refractivity contribution < 1.29 is 19.4 Å². The van der Waals surface area contributed by atoms with Crippen molar-refractivity contribution in [3.63, 3.8) is 0 Å². The Hall–Kier alpha value is -2.34. The van der Waals surface area contributed by atoms with Crippen molar-refractivity contribution in [3.05, 3.63) is 51.2 Å². The van der Waals surface area contributed by atoms with Gasteiger partial charge in [-0.05, 0) is 24.1 Å². The minimum atomic E-state index is -1.02. The summed E-state index contributed by atoms with van der Waals surface area (Å²) in [5.41, 5.74) is 2.12. The van der Waals surface area contributed by atoms with Crippen LogP contribution in [-0.2, 0) is 6.42 Å². The number of para-hydroxylation sites is 1. The molecule has 0 aliphatic carbocycles. The Bertz CT molecular complexity index is 753. The van der Waals surface area contributed by atoms with E-state index in [-0.39, 0.29) is 16.8 Å². The molecule has 2 aromatic rings. The summed E-state index contributed by atoms with van der Waals surface area (Å²) in [7, 11) is 0. The summed E-state index contributed by atoms with van der Waals surface area (Å²) in [5.74, 6) is -0.399. The fraction of sp³-hybridized carbons (Fsp3) is 0.294. The SMILES string of the molecule is CCc1cccc2c1OCCC2NC(=O)c1ccc(C(=O)O)s1. The largest absolute Gasteiger partial charge is 0.493 e. The summed E-state index contributed by atoms with van der Waals surface area (Å²) < 4.78 is 5.77. The second-order valence-electron chi connectivity index (χ2n) is 5.32. The highest BCUT2D eigenvalue weighted by atomic mass is 32.1. The van der Waals surface area contributed by atoms with Gasteiger partial charge in [0.2, 0.25) is 0 Å². The normalized spacial score (nSPS) is 16.3. The van der Waals surface area contributed by atoms with Crippen LogP contribution in [0.2, 0.25) is 0 Å². The van der Waals surface area contributed by atoms with E-state index in [9.17, 15) is 9.59 Å². The molecule has 1 aliphatic rings. The Labute approximate surface area is 137 Å². The predicted octanol–water partition coefficient (Wildman–Crippen LogP) is 3.26. The number of thiophene rings is 1. The summed E-state index contributed by atoms with van der Waals surface area (Å²) in [5, 5.41) is 11.9. The molecule has 0 bridgehead atoms. The average Bonchev–Trinajstić information content (AvgIpc) is 3.05. The van der Waals surface area contributed by atoms with Crippen LogP contribution in [-0.4, -0.2) is 23.6 Å². The fourth-order valence-corrected chi connectivity index (χ4v) is 3.47. The Morgan fingerprint density at radius 3 is 2.78 bits per heavy atom. The lowest BCUT2D eigenvalue weighted by Gasteiger charge is -2.28. The fourth-order valence-electron chi connectivity index (χ4n) is 2.72. The quantitative estimate of drug-likeness (QED) is 0.901. The molecule has 1 aromatic heterocycles. The minimum absolute atomic E-state index is 0.117. The van der Waals surface area contributed by atoms with Crippen molar-refractivity contribution in [3.8, 4) is 5.75 Å². The summed E-state index contributed by atoms with van der Waals surface area (Å²) in [6.45, 7) is 2.63. The number of ether oxygens (including phenoxy) is 1. The van der Waals surface area contributed by atoms with Crippen LogP contribution in [0.5, 0.6) is 5.75 Å². The van der Waals surface area contributed by atoms with E-state index in [1.54, 1.807) is 6.07 Å². The molecule has 2 heterocycles. The van der Waals surface area contributed by atoms with E-state index in [4.69, 9.17) is 9.84 Å². The summed E-state index contributed by atoms with van der Waals surface area (Å²) in [6, 6.07) is 8.85. The molecule has 0 saturated heterocycles. The Balaban J connectivity index is 1.81. The molecule has 2 N–H and O–H groups in total. The molecule has 5 nitrogen and oxygen atoms in total. The second kappa shape index (κ2) is 6.42. The van der Waals surface area contributed by atoms with E-state index in [0.29, 0.717) is 17.9 Å². The van der Waals surface area contributed by atoms with Gasteiger partial charge in [0, 0.05) is 12.0 Å². The number of carbonyl (C=O) groups is 2. The van der Waals surface area contributed by atoms with Crippen molar-refractivity contribution in [1.29, 1.82) is 0 Å². The van der Waals surface area contributed by atoms with E-state index in [2.05, 4.69) is 12.2 Å². The van der Waals surface area contributed by atoms with Gasteiger partial charge >= 0.3 is 5.97 Å². The van der Waals surface area contributed by atoms with Crippen LogP contribution in [0.25, 0.3) is 0 Å². The van der Waals surface area contributed by atoms with Crippen molar-refractivity contribution in [1.82, 2.24) is 5.32 Å². The molecule has 1 aromatic carbocycles. The van der Waals surface area contributed by atoms with Gasteiger partial charge in [0.25, 0.3) is 5.91 Å². The highest BCUT2D eigenvalue weighted by Crippen LogP contribution is 2.35. The van der Waals surface area contributed by atoms with Crippen molar-refractivity contribution in [2.75, 3.05) is 6.61 Å². The highest BCUT2D eigenvalue weighted by molar-refractivity contribution is 7.15. The van der Waals surface area contributed by atoms with Gasteiger partial charge in [0.15, 0.2) is 0 Å². The molecule has 0 fully saturated rings. The maximum Gasteiger partial charge on any atom is 0.345 e. The lowest BCUT2D eigenvalue weighted by atomic mass is 9.96. The van der Waals surface area contributed by atoms with Gasteiger partial charge in [-0.15, -0.1) is 11.3 Å². The molecule has 1 aliphatic heterocycles. The standard InChI is InChI=1S/C17H17NO4S/c1-2-10-4-3-5-11-12(8-9-22-15(10)11)18-16(19)13-6-7-14(23-13)17(20)21/h3-7,12H,2,8-9H2,1H3,(H,18,19)(H,20,21). The van der Waals surface area contributed by atoms with Gasteiger partial charge in [0.1, 0.15) is 10.6 Å². The molecule has 6 heteroatoms. The lowest BCUT2D eigenvalue weighted by molar-refractivity contribution is 0.0702. The molecular weight excluding hydrogens is 314 g/mol. The topological polar surface area (TPSA) is 75.6 Å². The number of carboxylic acids is 1. The smallest absolute Gasteiger partial charge is 0.345 e. The number of fused-ring (bicyclic) bond motifs is 1. The number of hydrogen-bond donors (Lipinski definition) is 2. The Morgan fingerprint density at radius 1 is 1.30 bits per heavy atom. The monoisotopic (exact) mass is 331 g/mol. The lowest BCUT2D eigenvalue weighted by Crippen LogP contribution is -2.32. The van der Waals surface area contributed by atoms with E-state index < -0.39 is 5.97 Å². The van der Waals surface area contributed by atoms with Gasteiger partial charge in [-0.3, -0.25) is 4.79 Å². The first-order valence-electron chi connectivity index (χ1n) is 7.48. The Kier molecular flexibility index (Phi) is 4.34. The molecule has 0 spiro atoms. The second-order valence-corrected chi connectivity index (χ2v) is 6.41. The van der Waals surface area contributed by atoms with Crippen LogP contribution in [0.3, 0.4) is 0 Å². The number of hydrogen-bond acceptors (Lipinski definition) is 4. The zero-order valence-corrected chi connectivity index (χ0v) is 13.5. The molecule has 1 atom stereocenters. The van der Waals surface area contributed by atoms with Crippen molar-refractivity contribution in [2.24, 2.45) is 0 Å². The van der Waals surface area contributed by atoms with E-state index in [0.717, 1.165) is 34.6 Å². The molecule has 0 radical (unpaired) electrons. The number of amides is 1. The van der Waals surface area contributed by atoms with Crippen molar-refractivity contribution >= 4 is 23.2 Å². The van der Waals surface area contributed by atoms with E-state index in [1.807, 2.05) is 18.2 Å². The third-order valence-corrected chi connectivity index (χ3v) is 4.95. The van der Waals surface area contributed by atoms with Crippen LogP contribution >= 0.6 is 11.3 Å². The average molecular weight is 331 g/mol. The van der Waals surface area contributed by atoms with Crippen LogP contribution in [0.4, 0.5) is 0 Å². The maximum atomic E-state index is 12.4.